The van der Waals surface area contributed by atoms with Crippen LogP contribution in [-0.4, -0.2) is 25.6 Å². The van der Waals surface area contributed by atoms with Crippen molar-refractivity contribution in [1.29, 1.82) is 0 Å². The first-order valence-corrected chi connectivity index (χ1v) is 12.3. The van der Waals surface area contributed by atoms with Gasteiger partial charge in [-0.25, -0.2) is 17.8 Å². The smallest absolute Gasteiger partial charge is 0.417 e. The molecule has 0 aliphatic rings. The van der Waals surface area contributed by atoms with Crippen LogP contribution in [0.3, 0.4) is 0 Å². The number of rotatable bonds is 8. The van der Waals surface area contributed by atoms with Crippen LogP contribution in [0, 0.1) is 18.2 Å². The van der Waals surface area contributed by atoms with Gasteiger partial charge in [0, 0.05) is 24.4 Å². The second-order valence-corrected chi connectivity index (χ2v) is 9.31. The largest absolute Gasteiger partial charge is 0.438 e. The molecule has 0 fully saturated rings. The molecule has 12 heteroatoms. The highest BCUT2D eigenvalue weighted by atomic mass is 32.2. The molecule has 0 bridgehead atoms. The molecule has 3 aromatic rings. The Bertz CT molecular complexity index is 1480. The number of carbonyl (C=O) groups excluding carboxylic acids is 1. The zero-order valence-electron chi connectivity index (χ0n) is 19.1. The number of aromatic nitrogens is 1. The number of benzene rings is 2. The standard InChI is InChI=1S/C25H19F4N3O4S/c1-3-17-13-16(14-21(26)23(17)32-37(2,34)35)15-31-22(33)10-9-19-20(25(27,28)29)11-12-30-24(19)36-18-7-5-4-6-8-18/h1,4-14,32H,15H2,2H3,(H,31,33). The van der Waals surface area contributed by atoms with E-state index < -0.39 is 44.7 Å². The van der Waals surface area contributed by atoms with Gasteiger partial charge in [0.15, 0.2) is 0 Å². The molecule has 0 aliphatic carbocycles. The molecule has 37 heavy (non-hydrogen) atoms. The third-order valence-electron chi connectivity index (χ3n) is 4.68. The quantitative estimate of drug-likeness (QED) is 0.248. The van der Waals surface area contributed by atoms with E-state index in [0.29, 0.717) is 0 Å². The van der Waals surface area contributed by atoms with Crippen LogP contribution in [0.4, 0.5) is 23.2 Å². The normalized spacial score (nSPS) is 11.7. The number of halogens is 4. The van der Waals surface area contributed by atoms with E-state index in [0.717, 1.165) is 36.7 Å². The van der Waals surface area contributed by atoms with Crippen LogP contribution in [0.5, 0.6) is 11.6 Å². The fourth-order valence-corrected chi connectivity index (χ4v) is 3.70. The van der Waals surface area contributed by atoms with Gasteiger partial charge in [-0.05, 0) is 42.0 Å². The first-order chi connectivity index (χ1) is 17.4. The van der Waals surface area contributed by atoms with Gasteiger partial charge in [0.1, 0.15) is 11.6 Å². The van der Waals surface area contributed by atoms with Crippen molar-refractivity contribution in [2.45, 2.75) is 12.7 Å². The van der Waals surface area contributed by atoms with E-state index in [9.17, 15) is 30.8 Å². The van der Waals surface area contributed by atoms with Crippen molar-refractivity contribution < 1.29 is 35.5 Å². The van der Waals surface area contributed by atoms with Crippen molar-refractivity contribution in [3.8, 4) is 24.0 Å². The Morgan fingerprint density at radius 3 is 2.51 bits per heavy atom. The van der Waals surface area contributed by atoms with E-state index in [2.05, 4.69) is 16.2 Å². The molecule has 3 rings (SSSR count). The van der Waals surface area contributed by atoms with Gasteiger partial charge in [0.05, 0.1) is 23.1 Å². The van der Waals surface area contributed by atoms with Gasteiger partial charge in [-0.15, -0.1) is 6.42 Å². The van der Waals surface area contributed by atoms with Crippen molar-refractivity contribution in [3.05, 3.63) is 88.9 Å². The Kier molecular flexibility index (Phi) is 8.19. The topological polar surface area (TPSA) is 97.4 Å². The second-order valence-electron chi connectivity index (χ2n) is 7.56. The lowest BCUT2D eigenvalue weighted by atomic mass is 10.1. The van der Waals surface area contributed by atoms with Crippen molar-refractivity contribution in [3.63, 3.8) is 0 Å². The summed E-state index contributed by atoms with van der Waals surface area (Å²) in [7, 11) is -3.80. The number of pyridine rings is 1. The number of ether oxygens (including phenoxy) is 1. The Hall–Kier alpha value is -4.37. The van der Waals surface area contributed by atoms with Crippen LogP contribution < -0.4 is 14.8 Å². The lowest BCUT2D eigenvalue weighted by molar-refractivity contribution is -0.137. The summed E-state index contributed by atoms with van der Waals surface area (Å²) < 4.78 is 85.5. The maximum Gasteiger partial charge on any atom is 0.417 e. The summed E-state index contributed by atoms with van der Waals surface area (Å²) >= 11 is 0. The van der Waals surface area contributed by atoms with Gasteiger partial charge < -0.3 is 10.1 Å². The fraction of sp³-hybridized carbons (Fsp3) is 0.120. The molecule has 0 atom stereocenters. The second kappa shape index (κ2) is 11.1. The monoisotopic (exact) mass is 533 g/mol. The number of hydrogen-bond acceptors (Lipinski definition) is 5. The number of sulfonamides is 1. The van der Waals surface area contributed by atoms with E-state index in [1.54, 1.807) is 18.2 Å². The predicted octanol–water partition coefficient (Wildman–Crippen LogP) is 4.71. The van der Waals surface area contributed by atoms with Crippen molar-refractivity contribution in [1.82, 2.24) is 10.3 Å². The number of alkyl halides is 3. The average molecular weight is 534 g/mol. The molecule has 0 radical (unpaired) electrons. The molecule has 1 amide bonds. The lowest BCUT2D eigenvalue weighted by Crippen LogP contribution is -2.21. The summed E-state index contributed by atoms with van der Waals surface area (Å²) in [5, 5.41) is 2.40. The molecule has 7 nitrogen and oxygen atoms in total. The minimum absolute atomic E-state index is 0.0990. The lowest BCUT2D eigenvalue weighted by Gasteiger charge is -2.14. The SMILES string of the molecule is C#Cc1cc(CNC(=O)C=Cc2c(C(F)(F)F)ccnc2Oc2ccccc2)cc(F)c1NS(C)(=O)=O. The summed E-state index contributed by atoms with van der Waals surface area (Å²) in [4.78, 5) is 16.2. The first-order valence-electron chi connectivity index (χ1n) is 10.4. The van der Waals surface area contributed by atoms with Gasteiger partial charge >= 0.3 is 6.18 Å². The molecular formula is C25H19F4N3O4S. The molecular weight excluding hydrogens is 514 g/mol. The average Bonchev–Trinajstić information content (AvgIpc) is 2.82. The Morgan fingerprint density at radius 1 is 1.19 bits per heavy atom. The molecule has 0 saturated carbocycles. The van der Waals surface area contributed by atoms with E-state index in [1.165, 1.54) is 18.2 Å². The number of nitrogens with one attached hydrogen (secondary N) is 2. The summed E-state index contributed by atoms with van der Waals surface area (Å²) in [6, 6.07) is 11.0. The van der Waals surface area contributed by atoms with E-state index in [1.807, 2.05) is 4.72 Å². The highest BCUT2D eigenvalue weighted by Gasteiger charge is 2.34. The van der Waals surface area contributed by atoms with Crippen LogP contribution in [-0.2, 0) is 27.5 Å². The van der Waals surface area contributed by atoms with Crippen molar-refractivity contribution >= 4 is 27.7 Å². The Labute approximate surface area is 210 Å². The number of para-hydroxylation sites is 1. The molecule has 2 aromatic carbocycles. The molecule has 1 heterocycles. The summed E-state index contributed by atoms with van der Waals surface area (Å²) in [5.41, 5.74) is -1.85. The van der Waals surface area contributed by atoms with Gasteiger partial charge in [0.2, 0.25) is 21.8 Å². The van der Waals surface area contributed by atoms with Crippen LogP contribution >= 0.6 is 0 Å². The molecule has 0 aliphatic heterocycles. The number of nitrogens with zero attached hydrogens (tertiary/aromatic N) is 1. The molecule has 2 N–H and O–H groups in total. The minimum atomic E-state index is -4.75. The summed E-state index contributed by atoms with van der Waals surface area (Å²) in [6.45, 7) is -0.250. The highest BCUT2D eigenvalue weighted by molar-refractivity contribution is 7.92. The molecule has 0 spiro atoms. The van der Waals surface area contributed by atoms with Crippen LogP contribution in [0.2, 0.25) is 0 Å². The van der Waals surface area contributed by atoms with Gasteiger partial charge in [-0.2, -0.15) is 13.2 Å². The summed E-state index contributed by atoms with van der Waals surface area (Å²) in [5.74, 6) is 0.275. The van der Waals surface area contributed by atoms with Crippen LogP contribution in [0.15, 0.2) is 60.8 Å². The van der Waals surface area contributed by atoms with E-state index in [-0.39, 0.29) is 29.3 Å². The number of amides is 1. The van der Waals surface area contributed by atoms with Crippen LogP contribution in [0.1, 0.15) is 22.3 Å². The number of anilines is 1. The fourth-order valence-electron chi connectivity index (χ4n) is 3.12. The minimum Gasteiger partial charge on any atom is -0.438 e. The van der Waals surface area contributed by atoms with Crippen molar-refractivity contribution in [2.24, 2.45) is 0 Å². The zero-order valence-corrected chi connectivity index (χ0v) is 20.0. The molecule has 0 unspecified atom stereocenters. The van der Waals surface area contributed by atoms with Gasteiger partial charge in [0.25, 0.3) is 0 Å². The maximum atomic E-state index is 14.4. The van der Waals surface area contributed by atoms with Gasteiger partial charge in [-0.1, -0.05) is 24.1 Å². The molecule has 1 aromatic heterocycles. The third-order valence-corrected chi connectivity index (χ3v) is 5.25. The maximum absolute atomic E-state index is 14.4. The van der Waals surface area contributed by atoms with Gasteiger partial charge in [-0.3, -0.25) is 9.52 Å². The number of hydrogen-bond donors (Lipinski definition) is 2. The molecule has 0 saturated heterocycles. The number of carbonyl (C=O) groups is 1. The van der Waals surface area contributed by atoms with Crippen molar-refractivity contribution in [2.75, 3.05) is 11.0 Å². The first kappa shape index (κ1) is 27.2. The van der Waals surface area contributed by atoms with E-state index in [4.69, 9.17) is 11.2 Å². The number of terminal acetylenes is 1. The predicted molar refractivity (Wildman–Crippen MR) is 129 cm³/mol. The highest BCUT2D eigenvalue weighted by Crippen LogP contribution is 2.37. The molecule has 192 valence electrons. The Morgan fingerprint density at radius 2 is 1.89 bits per heavy atom. The van der Waals surface area contributed by atoms with Crippen LogP contribution in [0.25, 0.3) is 6.08 Å². The summed E-state index contributed by atoms with van der Waals surface area (Å²) in [6.07, 6.45) is 4.12. The van der Waals surface area contributed by atoms with E-state index >= 15 is 0 Å². The third kappa shape index (κ3) is 7.55. The zero-order chi connectivity index (χ0) is 27.2. The Balaban J connectivity index is 1.82.